The molecule has 1 rings (SSSR count). The summed E-state index contributed by atoms with van der Waals surface area (Å²) < 4.78 is 23.8. The fraction of sp³-hybridized carbons (Fsp3) is 0.533. The van der Waals surface area contributed by atoms with Crippen LogP contribution in [0, 0.1) is 5.82 Å². The first-order valence-electron chi connectivity index (χ1n) is 6.92. The Hall–Kier alpha value is -1.66. The molecule has 0 aliphatic rings. The first kappa shape index (κ1) is 17.4. The number of nitrogens with zero attached hydrogens (tertiary/aromatic N) is 1. The van der Waals surface area contributed by atoms with Gasteiger partial charge in [-0.25, -0.2) is 4.39 Å². The third-order valence-corrected chi connectivity index (χ3v) is 3.01. The van der Waals surface area contributed by atoms with E-state index in [1.165, 1.54) is 12.1 Å². The zero-order valence-electron chi connectivity index (χ0n) is 12.8. The molecule has 0 fully saturated rings. The van der Waals surface area contributed by atoms with E-state index in [0.29, 0.717) is 32.0 Å². The summed E-state index contributed by atoms with van der Waals surface area (Å²) >= 11 is 0. The standard InChI is InChI=1S/C15H23FN2O3/c1-4-18(2)15(19)11-21-14-8-12(7-13(16)9-14)10-17-5-6-20-3/h7-9,17H,4-6,10-11H2,1-3H3. The minimum absolute atomic E-state index is 0.0929. The van der Waals surface area contributed by atoms with Crippen LogP contribution < -0.4 is 10.1 Å². The predicted molar refractivity (Wildman–Crippen MR) is 78.8 cm³/mol. The number of nitrogens with one attached hydrogen (secondary N) is 1. The van der Waals surface area contributed by atoms with Crippen molar-refractivity contribution in [2.24, 2.45) is 0 Å². The van der Waals surface area contributed by atoms with Crippen LogP contribution in [0.15, 0.2) is 18.2 Å². The molecule has 1 N–H and O–H groups in total. The number of halogens is 1. The van der Waals surface area contributed by atoms with Crippen molar-refractivity contribution in [2.45, 2.75) is 13.5 Å². The predicted octanol–water partition coefficient (Wildman–Crippen LogP) is 1.42. The quantitative estimate of drug-likeness (QED) is 0.701. The van der Waals surface area contributed by atoms with Crippen LogP contribution in [-0.2, 0) is 16.1 Å². The van der Waals surface area contributed by atoms with Crippen LogP contribution in [-0.4, -0.2) is 51.3 Å². The lowest BCUT2D eigenvalue weighted by Gasteiger charge is -2.15. The molecular formula is C15H23FN2O3. The number of likely N-dealkylation sites (N-methyl/N-ethyl adjacent to an activating group) is 1. The Morgan fingerprint density at radius 3 is 2.81 bits per heavy atom. The zero-order valence-corrected chi connectivity index (χ0v) is 12.8. The number of hydrogen-bond donors (Lipinski definition) is 1. The Balaban J connectivity index is 2.54. The maximum atomic E-state index is 13.5. The number of ether oxygens (including phenoxy) is 2. The van der Waals surface area contributed by atoms with Gasteiger partial charge in [-0.2, -0.15) is 0 Å². The highest BCUT2D eigenvalue weighted by atomic mass is 19.1. The first-order valence-corrected chi connectivity index (χ1v) is 6.92. The third-order valence-electron chi connectivity index (χ3n) is 3.01. The summed E-state index contributed by atoms with van der Waals surface area (Å²) in [5.74, 6) is -0.162. The minimum atomic E-state index is -0.382. The first-order chi connectivity index (χ1) is 10.1. The SMILES string of the molecule is CCN(C)C(=O)COc1cc(F)cc(CNCCOC)c1. The average molecular weight is 298 g/mol. The molecular weight excluding hydrogens is 275 g/mol. The normalized spacial score (nSPS) is 10.5. The third kappa shape index (κ3) is 6.55. The number of benzene rings is 1. The average Bonchev–Trinajstić information content (AvgIpc) is 2.48. The van der Waals surface area contributed by atoms with Gasteiger partial charge in [0.25, 0.3) is 5.91 Å². The highest BCUT2D eigenvalue weighted by Gasteiger charge is 2.08. The van der Waals surface area contributed by atoms with Crippen molar-refractivity contribution in [2.75, 3.05) is 40.5 Å². The molecule has 0 saturated carbocycles. The van der Waals surface area contributed by atoms with E-state index in [2.05, 4.69) is 5.32 Å². The second kappa shape index (κ2) is 9.31. The lowest BCUT2D eigenvalue weighted by molar-refractivity contribution is -0.131. The second-order valence-electron chi connectivity index (χ2n) is 4.66. The fourth-order valence-corrected chi connectivity index (χ4v) is 1.64. The molecule has 0 spiro atoms. The van der Waals surface area contributed by atoms with E-state index in [1.54, 1.807) is 25.1 Å². The lowest BCUT2D eigenvalue weighted by Crippen LogP contribution is -2.31. The maximum absolute atomic E-state index is 13.5. The van der Waals surface area contributed by atoms with Gasteiger partial charge in [0.1, 0.15) is 11.6 Å². The van der Waals surface area contributed by atoms with Gasteiger partial charge in [0.2, 0.25) is 0 Å². The number of carbonyl (C=O) groups is 1. The molecule has 1 aromatic carbocycles. The summed E-state index contributed by atoms with van der Waals surface area (Å²) in [6.07, 6.45) is 0. The van der Waals surface area contributed by atoms with Crippen LogP contribution >= 0.6 is 0 Å². The highest BCUT2D eigenvalue weighted by molar-refractivity contribution is 5.77. The molecule has 1 aromatic rings. The molecule has 0 aliphatic heterocycles. The molecule has 0 unspecified atom stereocenters. The Labute approximate surface area is 125 Å². The van der Waals surface area contributed by atoms with Gasteiger partial charge < -0.3 is 19.7 Å². The van der Waals surface area contributed by atoms with Crippen molar-refractivity contribution < 1.29 is 18.7 Å². The Kier molecular flexibility index (Phi) is 7.71. The molecule has 0 atom stereocenters. The topological polar surface area (TPSA) is 50.8 Å². The van der Waals surface area contributed by atoms with Gasteiger partial charge in [-0.05, 0) is 24.6 Å². The summed E-state index contributed by atoms with van der Waals surface area (Å²) in [7, 11) is 3.32. The van der Waals surface area contributed by atoms with Crippen LogP contribution in [0.3, 0.4) is 0 Å². The van der Waals surface area contributed by atoms with E-state index in [4.69, 9.17) is 9.47 Å². The van der Waals surface area contributed by atoms with Crippen LogP contribution in [0.1, 0.15) is 12.5 Å². The summed E-state index contributed by atoms with van der Waals surface area (Å²) in [6.45, 7) is 4.19. The van der Waals surface area contributed by atoms with Crippen molar-refractivity contribution in [1.82, 2.24) is 10.2 Å². The minimum Gasteiger partial charge on any atom is -0.484 e. The lowest BCUT2D eigenvalue weighted by atomic mass is 10.2. The van der Waals surface area contributed by atoms with Crippen molar-refractivity contribution in [3.05, 3.63) is 29.6 Å². The van der Waals surface area contributed by atoms with E-state index in [9.17, 15) is 9.18 Å². The molecule has 6 heteroatoms. The molecule has 21 heavy (non-hydrogen) atoms. The van der Waals surface area contributed by atoms with Gasteiger partial charge >= 0.3 is 0 Å². The van der Waals surface area contributed by atoms with Gasteiger partial charge in [0.15, 0.2) is 6.61 Å². The number of hydrogen-bond acceptors (Lipinski definition) is 4. The summed E-state index contributed by atoms with van der Waals surface area (Å²) in [6, 6.07) is 4.44. The number of rotatable bonds is 9. The molecule has 0 radical (unpaired) electrons. The maximum Gasteiger partial charge on any atom is 0.260 e. The number of amides is 1. The van der Waals surface area contributed by atoms with E-state index < -0.39 is 0 Å². The molecule has 118 valence electrons. The molecule has 0 heterocycles. The van der Waals surface area contributed by atoms with Crippen LogP contribution in [0.4, 0.5) is 4.39 Å². The fourth-order valence-electron chi connectivity index (χ4n) is 1.64. The van der Waals surface area contributed by atoms with E-state index >= 15 is 0 Å². The van der Waals surface area contributed by atoms with Crippen LogP contribution in [0.5, 0.6) is 5.75 Å². The van der Waals surface area contributed by atoms with Gasteiger partial charge in [-0.1, -0.05) is 0 Å². The summed E-state index contributed by atoms with van der Waals surface area (Å²) in [5.41, 5.74) is 0.761. The van der Waals surface area contributed by atoms with Crippen LogP contribution in [0.2, 0.25) is 0 Å². The van der Waals surface area contributed by atoms with E-state index in [-0.39, 0.29) is 18.3 Å². The largest absolute Gasteiger partial charge is 0.484 e. The molecule has 1 amide bonds. The smallest absolute Gasteiger partial charge is 0.260 e. The Morgan fingerprint density at radius 1 is 1.38 bits per heavy atom. The molecule has 0 saturated heterocycles. The number of methoxy groups -OCH3 is 1. The molecule has 0 bridgehead atoms. The van der Waals surface area contributed by atoms with Gasteiger partial charge in [-0.3, -0.25) is 4.79 Å². The van der Waals surface area contributed by atoms with Crippen molar-refractivity contribution >= 4 is 5.91 Å². The summed E-state index contributed by atoms with van der Waals surface area (Å²) in [5, 5.41) is 3.13. The monoisotopic (exact) mass is 298 g/mol. The van der Waals surface area contributed by atoms with Gasteiger partial charge in [-0.15, -0.1) is 0 Å². The summed E-state index contributed by atoms with van der Waals surface area (Å²) in [4.78, 5) is 13.2. The number of carbonyl (C=O) groups excluding carboxylic acids is 1. The van der Waals surface area contributed by atoms with Gasteiger partial charge in [0.05, 0.1) is 6.61 Å². The van der Waals surface area contributed by atoms with E-state index in [0.717, 1.165) is 5.56 Å². The van der Waals surface area contributed by atoms with E-state index in [1.807, 2.05) is 6.92 Å². The van der Waals surface area contributed by atoms with Crippen molar-refractivity contribution in [3.63, 3.8) is 0 Å². The highest BCUT2D eigenvalue weighted by Crippen LogP contribution is 2.16. The van der Waals surface area contributed by atoms with Crippen molar-refractivity contribution in [1.29, 1.82) is 0 Å². The molecule has 0 aromatic heterocycles. The second-order valence-corrected chi connectivity index (χ2v) is 4.66. The Morgan fingerprint density at radius 2 is 2.14 bits per heavy atom. The molecule has 0 aliphatic carbocycles. The van der Waals surface area contributed by atoms with Gasteiger partial charge in [0, 0.05) is 39.9 Å². The van der Waals surface area contributed by atoms with Crippen molar-refractivity contribution in [3.8, 4) is 5.75 Å². The Bertz CT molecular complexity index is 455. The van der Waals surface area contributed by atoms with Crippen LogP contribution in [0.25, 0.3) is 0 Å². The molecule has 5 nitrogen and oxygen atoms in total. The zero-order chi connectivity index (χ0) is 15.7.